The van der Waals surface area contributed by atoms with Crippen LogP contribution in [0.1, 0.15) is 18.4 Å². The number of nitrogens with zero attached hydrogens (tertiary/aromatic N) is 2. The van der Waals surface area contributed by atoms with Gasteiger partial charge in [-0.25, -0.2) is 4.79 Å². The van der Waals surface area contributed by atoms with Gasteiger partial charge in [0.2, 0.25) is 18.6 Å². The van der Waals surface area contributed by atoms with Crippen molar-refractivity contribution in [3.63, 3.8) is 0 Å². The van der Waals surface area contributed by atoms with Gasteiger partial charge in [0.15, 0.2) is 11.5 Å². The number of rotatable bonds is 8. The maximum atomic E-state index is 12.7. The predicted octanol–water partition coefficient (Wildman–Crippen LogP) is 0.535. The summed E-state index contributed by atoms with van der Waals surface area (Å²) in [5.74, 6) is 0.427. The van der Waals surface area contributed by atoms with E-state index in [9.17, 15) is 19.2 Å². The van der Waals surface area contributed by atoms with Crippen molar-refractivity contribution < 1.29 is 19.1 Å². The lowest BCUT2D eigenvalue weighted by atomic mass is 10.2. The van der Waals surface area contributed by atoms with Gasteiger partial charge in [0.05, 0.1) is 5.52 Å². The Bertz CT molecular complexity index is 1270. The van der Waals surface area contributed by atoms with E-state index in [1.807, 2.05) is 6.07 Å². The highest BCUT2D eigenvalue weighted by atomic mass is 32.1. The van der Waals surface area contributed by atoms with Gasteiger partial charge in [-0.1, -0.05) is 6.07 Å². The van der Waals surface area contributed by atoms with Gasteiger partial charge in [-0.2, -0.15) is 0 Å². The van der Waals surface area contributed by atoms with Crippen molar-refractivity contribution in [1.82, 2.24) is 14.5 Å². The zero-order chi connectivity index (χ0) is 22.0. The third-order valence-corrected chi connectivity index (χ3v) is 5.75. The summed E-state index contributed by atoms with van der Waals surface area (Å²) in [6, 6.07) is 7.04. The van der Waals surface area contributed by atoms with E-state index in [1.165, 1.54) is 15.9 Å². The average molecular weight is 444 g/mol. The number of nitrogens with one attached hydrogen (secondary N) is 1. The molecule has 0 spiro atoms. The molecule has 4 rings (SSSR count). The van der Waals surface area contributed by atoms with Crippen molar-refractivity contribution >= 4 is 33.4 Å². The lowest BCUT2D eigenvalue weighted by Gasteiger charge is -2.11. The number of amides is 2. The molecule has 0 unspecified atom stereocenters. The number of primary amides is 1. The maximum absolute atomic E-state index is 12.7. The first kappa shape index (κ1) is 20.7. The number of thiophene rings is 1. The number of aromatic nitrogens is 2. The van der Waals surface area contributed by atoms with Crippen LogP contribution in [0.3, 0.4) is 0 Å². The molecule has 0 saturated heterocycles. The molecule has 1 aliphatic rings. The molecule has 1 aromatic carbocycles. The van der Waals surface area contributed by atoms with Gasteiger partial charge in [-0.3, -0.25) is 23.5 Å². The Labute approximate surface area is 179 Å². The second-order valence-electron chi connectivity index (χ2n) is 6.99. The standard InChI is InChI=1S/C20H20N4O6S/c21-16(25)10-24-13-5-7-31-18(13)19(27)23(20(24)28)6-1-2-17(26)22-9-12-3-4-14-15(8-12)30-11-29-14/h3-5,7-8H,1-2,6,9-11H2,(H2,21,25)(H,22,26). The molecule has 3 aromatic rings. The zero-order valence-electron chi connectivity index (χ0n) is 16.5. The molecule has 3 heterocycles. The topological polar surface area (TPSA) is 135 Å². The van der Waals surface area contributed by atoms with Crippen LogP contribution in [0.4, 0.5) is 0 Å². The largest absolute Gasteiger partial charge is 0.454 e. The van der Waals surface area contributed by atoms with Crippen LogP contribution >= 0.6 is 11.3 Å². The molecule has 0 saturated carbocycles. The van der Waals surface area contributed by atoms with Gasteiger partial charge in [0, 0.05) is 19.5 Å². The number of fused-ring (bicyclic) bond motifs is 2. The first-order valence-electron chi connectivity index (χ1n) is 9.58. The molecule has 162 valence electrons. The second-order valence-corrected chi connectivity index (χ2v) is 7.91. The lowest BCUT2D eigenvalue weighted by Crippen LogP contribution is -2.41. The van der Waals surface area contributed by atoms with E-state index in [0.717, 1.165) is 10.1 Å². The van der Waals surface area contributed by atoms with Crippen molar-refractivity contribution in [2.75, 3.05) is 6.79 Å². The summed E-state index contributed by atoms with van der Waals surface area (Å²) < 4.78 is 13.2. The third kappa shape index (κ3) is 4.31. The highest BCUT2D eigenvalue weighted by Crippen LogP contribution is 2.32. The molecular formula is C20H20N4O6S. The average Bonchev–Trinajstić information content (AvgIpc) is 3.41. The molecule has 0 fully saturated rings. The van der Waals surface area contributed by atoms with E-state index >= 15 is 0 Å². The lowest BCUT2D eigenvalue weighted by molar-refractivity contribution is -0.121. The second kappa shape index (κ2) is 8.64. The molecule has 0 radical (unpaired) electrons. The SMILES string of the molecule is NC(=O)Cn1c(=O)n(CCCC(=O)NCc2ccc3c(c2)OCO3)c(=O)c2sccc21. The summed E-state index contributed by atoms with van der Waals surface area (Å²) in [6.45, 7) is 0.245. The molecule has 2 amide bonds. The monoisotopic (exact) mass is 444 g/mol. The summed E-state index contributed by atoms with van der Waals surface area (Å²) in [5.41, 5.74) is 5.45. The minimum absolute atomic E-state index is 0.0573. The first-order valence-corrected chi connectivity index (χ1v) is 10.5. The number of ether oxygens (including phenoxy) is 2. The predicted molar refractivity (Wildman–Crippen MR) is 113 cm³/mol. The number of benzene rings is 1. The van der Waals surface area contributed by atoms with E-state index in [-0.39, 0.29) is 38.6 Å². The number of nitrogens with two attached hydrogens (primary N) is 1. The van der Waals surface area contributed by atoms with E-state index < -0.39 is 17.2 Å². The van der Waals surface area contributed by atoms with Gasteiger partial charge in [-0.05, 0) is 35.6 Å². The summed E-state index contributed by atoms with van der Waals surface area (Å²) in [5, 5.41) is 4.48. The molecular weight excluding hydrogens is 424 g/mol. The fraction of sp³-hybridized carbons (Fsp3) is 0.300. The molecule has 31 heavy (non-hydrogen) atoms. The normalized spacial score (nSPS) is 12.3. The number of hydrogen-bond acceptors (Lipinski definition) is 7. The molecule has 2 aromatic heterocycles. The van der Waals surface area contributed by atoms with Crippen LogP contribution < -0.4 is 31.8 Å². The number of carbonyl (C=O) groups excluding carboxylic acids is 2. The minimum atomic E-state index is -0.678. The zero-order valence-corrected chi connectivity index (χ0v) is 17.3. The summed E-state index contributed by atoms with van der Waals surface area (Å²) >= 11 is 1.19. The summed E-state index contributed by atoms with van der Waals surface area (Å²) in [7, 11) is 0. The Morgan fingerprint density at radius 1 is 1.13 bits per heavy atom. The highest BCUT2D eigenvalue weighted by molar-refractivity contribution is 7.17. The van der Waals surface area contributed by atoms with Gasteiger partial charge >= 0.3 is 5.69 Å². The highest BCUT2D eigenvalue weighted by Gasteiger charge is 2.16. The van der Waals surface area contributed by atoms with E-state index in [0.29, 0.717) is 28.3 Å². The van der Waals surface area contributed by atoms with Crippen molar-refractivity contribution in [1.29, 1.82) is 0 Å². The van der Waals surface area contributed by atoms with Crippen LogP contribution in [0.15, 0.2) is 39.2 Å². The maximum Gasteiger partial charge on any atom is 0.332 e. The molecule has 11 heteroatoms. The molecule has 0 bridgehead atoms. The van der Waals surface area contributed by atoms with Crippen molar-refractivity contribution in [3.05, 3.63) is 56.0 Å². The van der Waals surface area contributed by atoms with E-state index in [1.54, 1.807) is 23.6 Å². The van der Waals surface area contributed by atoms with Gasteiger partial charge < -0.3 is 20.5 Å². The van der Waals surface area contributed by atoms with E-state index in [4.69, 9.17) is 15.2 Å². The smallest absolute Gasteiger partial charge is 0.332 e. The van der Waals surface area contributed by atoms with Crippen molar-refractivity contribution in [2.24, 2.45) is 5.73 Å². The van der Waals surface area contributed by atoms with Crippen molar-refractivity contribution in [3.8, 4) is 11.5 Å². The fourth-order valence-corrected chi connectivity index (χ4v) is 4.22. The minimum Gasteiger partial charge on any atom is -0.454 e. The van der Waals surface area contributed by atoms with Crippen LogP contribution in [0.25, 0.3) is 10.2 Å². The molecule has 0 atom stereocenters. The van der Waals surface area contributed by atoms with Crippen LogP contribution in [-0.2, 0) is 29.2 Å². The Kier molecular flexibility index (Phi) is 5.76. The van der Waals surface area contributed by atoms with Crippen LogP contribution in [0.2, 0.25) is 0 Å². The molecule has 1 aliphatic heterocycles. The molecule has 0 aliphatic carbocycles. The van der Waals surface area contributed by atoms with Crippen LogP contribution in [0.5, 0.6) is 11.5 Å². The summed E-state index contributed by atoms with van der Waals surface area (Å²) in [4.78, 5) is 48.9. The first-order chi connectivity index (χ1) is 14.9. The molecule has 10 nitrogen and oxygen atoms in total. The van der Waals surface area contributed by atoms with Gasteiger partial charge in [0.25, 0.3) is 5.56 Å². The Morgan fingerprint density at radius 2 is 1.94 bits per heavy atom. The van der Waals surface area contributed by atoms with Crippen LogP contribution in [0, 0.1) is 0 Å². The Hall–Kier alpha value is -3.60. The summed E-state index contributed by atoms with van der Waals surface area (Å²) in [6.07, 6.45) is 0.421. The van der Waals surface area contributed by atoms with E-state index in [2.05, 4.69) is 5.32 Å². The Balaban J connectivity index is 1.39. The quantitative estimate of drug-likeness (QED) is 0.521. The van der Waals surface area contributed by atoms with Gasteiger partial charge in [0.1, 0.15) is 11.2 Å². The Morgan fingerprint density at radius 3 is 2.74 bits per heavy atom. The third-order valence-electron chi connectivity index (χ3n) is 4.86. The van der Waals surface area contributed by atoms with Crippen LogP contribution in [-0.4, -0.2) is 27.7 Å². The van der Waals surface area contributed by atoms with Crippen molar-refractivity contribution in [2.45, 2.75) is 32.5 Å². The molecule has 3 N–H and O–H groups in total. The fourth-order valence-electron chi connectivity index (χ4n) is 3.38. The van der Waals surface area contributed by atoms with Gasteiger partial charge in [-0.15, -0.1) is 11.3 Å². The number of hydrogen-bond donors (Lipinski definition) is 2. The number of carbonyl (C=O) groups is 2.